The van der Waals surface area contributed by atoms with Crippen molar-refractivity contribution < 1.29 is 27.8 Å². The van der Waals surface area contributed by atoms with Gasteiger partial charge in [-0.25, -0.2) is 5.57 Å². The molecular weight excluding hydrogens is 452 g/mol. The van der Waals surface area contributed by atoms with E-state index in [0.717, 1.165) is 13.0 Å². The molecule has 0 aromatic rings. The molecule has 0 fully saturated rings. The molecule has 1 N–H and O–H groups in total. The maximum atomic E-state index is 6.85. The monoisotopic (exact) mass is 489 g/mol. The fourth-order valence-electron chi connectivity index (χ4n) is 1.61. The Balaban J connectivity index is -0.0000000530. The third-order valence-corrected chi connectivity index (χ3v) is 4.16. The van der Waals surface area contributed by atoms with Gasteiger partial charge in [0, 0.05) is 6.61 Å². The normalized spacial score (nSPS) is 14.8. The van der Waals surface area contributed by atoms with E-state index in [9.17, 15) is 0 Å². The van der Waals surface area contributed by atoms with E-state index in [4.69, 9.17) is 10.2 Å². The van der Waals surface area contributed by atoms with E-state index in [1.54, 1.807) is 23.3 Å². The summed E-state index contributed by atoms with van der Waals surface area (Å²) in [5.41, 5.74) is 11.1. The third-order valence-electron chi connectivity index (χ3n) is 3.09. The Hall–Kier alpha value is 1.30. The van der Waals surface area contributed by atoms with Crippen LogP contribution in [0.2, 0.25) is 19.6 Å². The summed E-state index contributed by atoms with van der Waals surface area (Å²) in [6.07, 6.45) is 4.24. The summed E-state index contributed by atoms with van der Waals surface area (Å²) in [7, 11) is -1.28. The first-order valence-electron chi connectivity index (χ1n) is 7.10. The first-order chi connectivity index (χ1) is 9.19. The number of halogens is 2. The van der Waals surface area contributed by atoms with Crippen molar-refractivity contribution in [2.75, 3.05) is 13.2 Å². The van der Waals surface area contributed by atoms with E-state index >= 15 is 0 Å². The average Bonchev–Trinajstić information content (AvgIpc) is 2.58. The molecule has 1 atom stereocenters. The Morgan fingerprint density at radius 1 is 1.12 bits per heavy atom. The fourth-order valence-corrected chi connectivity index (χ4v) is 2.37. The van der Waals surface area contributed by atoms with Crippen LogP contribution in [0.4, 0.5) is 0 Å². The molecule has 0 heterocycles. The van der Waals surface area contributed by atoms with Crippen molar-refractivity contribution in [3.05, 3.63) is 43.4 Å². The van der Waals surface area contributed by atoms with Crippen molar-refractivity contribution in [3.63, 3.8) is 0 Å². The van der Waals surface area contributed by atoms with Gasteiger partial charge in [-0.15, -0.1) is 38.3 Å². The van der Waals surface area contributed by atoms with Crippen LogP contribution in [0.5, 0.6) is 0 Å². The van der Waals surface area contributed by atoms with E-state index in [1.165, 1.54) is 16.7 Å². The average molecular weight is 492 g/mol. The molecule has 0 amide bonds. The molecular formula is C17H39Cl2NOSi2Zr-4. The molecule has 1 unspecified atom stereocenters. The molecule has 0 radical (unpaired) electrons. The van der Waals surface area contributed by atoms with Gasteiger partial charge in [-0.1, -0.05) is 26.7 Å². The first kappa shape index (κ1) is 40.1. The van der Waals surface area contributed by atoms with E-state index in [2.05, 4.69) is 53.4 Å². The van der Waals surface area contributed by atoms with Crippen molar-refractivity contribution in [2.24, 2.45) is 5.92 Å². The summed E-state index contributed by atoms with van der Waals surface area (Å²) < 4.78 is 5.49. The standard InChI is InChI=1S/C9H13.C6H16NOSi.2CH3.2ClH.H2Si.Zr/c1-6-5-7(2)9(4)8(6)3;1-9(2,3)8-6-4-5-7;;;;;;/h6H,1-4H3;7H,4-6H2,1-3H3;2*1H3;2*1H;1H2;/q4*-1;;;;. The van der Waals surface area contributed by atoms with E-state index in [1.807, 2.05) is 6.88 Å². The van der Waals surface area contributed by atoms with Crippen molar-refractivity contribution >= 4 is 40.0 Å². The zero-order valence-corrected chi connectivity index (χ0v) is 23.6. The van der Waals surface area contributed by atoms with Gasteiger partial charge >= 0.3 is 30.2 Å². The second kappa shape index (κ2) is 22.3. The summed E-state index contributed by atoms with van der Waals surface area (Å²) in [4.78, 5) is 0. The molecule has 0 bridgehead atoms. The predicted molar refractivity (Wildman–Crippen MR) is 119 cm³/mol. The zero-order valence-electron chi connectivity index (χ0n) is 17.1. The van der Waals surface area contributed by atoms with Crippen molar-refractivity contribution in [2.45, 2.75) is 53.8 Å². The quantitative estimate of drug-likeness (QED) is 0.277. The topological polar surface area (TPSA) is 33.0 Å². The Labute approximate surface area is 183 Å². The third kappa shape index (κ3) is 21.3. The first-order valence-corrected chi connectivity index (χ1v) is 16.4. The van der Waals surface area contributed by atoms with Crippen LogP contribution in [0.1, 0.15) is 34.1 Å². The Kier molecular flexibility index (Phi) is 37.3. The van der Waals surface area contributed by atoms with Crippen LogP contribution in [0.3, 0.4) is 0 Å². The Bertz CT molecular complexity index is 346. The Morgan fingerprint density at radius 3 is 1.71 bits per heavy atom. The van der Waals surface area contributed by atoms with Crippen LogP contribution >= 0.6 is 24.8 Å². The minimum absolute atomic E-state index is 0. The molecule has 0 saturated carbocycles. The summed E-state index contributed by atoms with van der Waals surface area (Å²) in [5, 5.41) is 0. The summed E-state index contributed by atoms with van der Waals surface area (Å²) >= 11 is 1.58. The SMILES string of the molecule is CC1=[C-]C(C)C(C)=C1C.C[Si](C)(C)OCCC[NH-].Cl.Cl.[CH3-].[CH3-].[SiH2]=[Zr]. The van der Waals surface area contributed by atoms with Gasteiger partial charge in [0.05, 0.1) is 0 Å². The van der Waals surface area contributed by atoms with Crippen LogP contribution in [0.25, 0.3) is 5.73 Å². The second-order valence-electron chi connectivity index (χ2n) is 5.86. The van der Waals surface area contributed by atoms with Gasteiger partial charge in [-0.05, 0) is 26.1 Å². The van der Waals surface area contributed by atoms with Gasteiger partial charge in [0.15, 0.2) is 8.32 Å². The molecule has 0 aromatic carbocycles. The number of hydrogen-bond acceptors (Lipinski definition) is 1. The number of allylic oxidation sites excluding steroid dienone is 4. The van der Waals surface area contributed by atoms with Gasteiger partial charge in [0.2, 0.25) is 0 Å². The summed E-state index contributed by atoms with van der Waals surface area (Å²) in [6.45, 7) is 18.4. The molecule has 0 spiro atoms. The van der Waals surface area contributed by atoms with Crippen LogP contribution in [-0.4, -0.2) is 28.3 Å². The molecule has 1 rings (SSSR count). The van der Waals surface area contributed by atoms with Crippen LogP contribution in [0, 0.1) is 26.8 Å². The van der Waals surface area contributed by atoms with Gasteiger partial charge in [-0.3, -0.25) is 6.08 Å². The molecule has 2 nitrogen and oxygen atoms in total. The molecule has 7 heteroatoms. The molecule has 0 saturated heterocycles. The summed E-state index contributed by atoms with van der Waals surface area (Å²) in [6, 6.07) is 0. The molecule has 1 aliphatic carbocycles. The van der Waals surface area contributed by atoms with E-state index < -0.39 is 8.32 Å². The van der Waals surface area contributed by atoms with E-state index in [-0.39, 0.29) is 39.7 Å². The molecule has 0 aliphatic heterocycles. The van der Waals surface area contributed by atoms with Crippen molar-refractivity contribution in [3.8, 4) is 0 Å². The van der Waals surface area contributed by atoms with Gasteiger partial charge in [-0.2, -0.15) is 11.1 Å². The van der Waals surface area contributed by atoms with Crippen LogP contribution < -0.4 is 0 Å². The van der Waals surface area contributed by atoms with Crippen molar-refractivity contribution in [1.82, 2.24) is 0 Å². The fraction of sp³-hybridized carbons (Fsp3) is 0.647. The molecule has 24 heavy (non-hydrogen) atoms. The number of rotatable bonds is 4. The van der Waals surface area contributed by atoms with Gasteiger partial charge in [0.25, 0.3) is 0 Å². The maximum absolute atomic E-state index is 6.85. The Morgan fingerprint density at radius 2 is 1.54 bits per heavy atom. The number of nitrogens with one attached hydrogen (secondary N) is 1. The van der Waals surface area contributed by atoms with Crippen molar-refractivity contribution in [1.29, 1.82) is 0 Å². The van der Waals surface area contributed by atoms with E-state index in [0.29, 0.717) is 12.5 Å². The molecule has 0 aromatic heterocycles. The predicted octanol–water partition coefficient (Wildman–Crippen LogP) is 5.83. The summed E-state index contributed by atoms with van der Waals surface area (Å²) in [5.74, 6) is 0.560. The minimum atomic E-state index is -1.28. The van der Waals surface area contributed by atoms with Gasteiger partial charge in [0.1, 0.15) is 0 Å². The number of hydrogen-bond donors (Lipinski definition) is 0. The molecule has 1 aliphatic rings. The van der Waals surface area contributed by atoms with Crippen LogP contribution in [0.15, 0.2) is 16.7 Å². The molecule has 148 valence electrons. The van der Waals surface area contributed by atoms with Crippen LogP contribution in [-0.2, 0) is 27.8 Å². The van der Waals surface area contributed by atoms with Gasteiger partial charge < -0.3 is 25.0 Å². The zero-order chi connectivity index (χ0) is 16.3. The second-order valence-corrected chi connectivity index (χ2v) is 10.4.